The van der Waals surface area contributed by atoms with Crippen LogP contribution in [-0.2, 0) is 9.47 Å². The number of carbonyl (C=O) groups is 1. The summed E-state index contributed by atoms with van der Waals surface area (Å²) < 4.78 is 16.7. The van der Waals surface area contributed by atoms with Gasteiger partial charge in [-0.25, -0.2) is 4.79 Å². The highest BCUT2D eigenvalue weighted by molar-refractivity contribution is 5.87. The summed E-state index contributed by atoms with van der Waals surface area (Å²) in [6.45, 7) is 0.912. The van der Waals surface area contributed by atoms with Gasteiger partial charge in [0.1, 0.15) is 12.4 Å². The summed E-state index contributed by atoms with van der Waals surface area (Å²) >= 11 is 0. The Hall–Kier alpha value is -1.59. The van der Waals surface area contributed by atoms with Gasteiger partial charge in [0.25, 0.3) is 0 Å². The quantitative estimate of drug-likeness (QED) is 0.783. The Morgan fingerprint density at radius 3 is 2.86 bits per heavy atom. The summed E-state index contributed by atoms with van der Waals surface area (Å²) in [5, 5.41) is 8.91. The highest BCUT2D eigenvalue weighted by atomic mass is 16.5. The van der Waals surface area contributed by atoms with E-state index in [0.717, 1.165) is 25.7 Å². The van der Waals surface area contributed by atoms with E-state index in [1.165, 1.54) is 6.07 Å². The Morgan fingerprint density at radius 2 is 2.10 bits per heavy atom. The van der Waals surface area contributed by atoms with Crippen LogP contribution >= 0.6 is 0 Å². The fourth-order valence-corrected chi connectivity index (χ4v) is 2.56. The van der Waals surface area contributed by atoms with E-state index in [-0.39, 0.29) is 11.7 Å². The number of carboxylic acids is 1. The van der Waals surface area contributed by atoms with Crippen LogP contribution < -0.4 is 4.74 Å². The van der Waals surface area contributed by atoms with Crippen molar-refractivity contribution in [2.45, 2.75) is 37.9 Å². The third-order valence-electron chi connectivity index (χ3n) is 3.70. The second-order valence-corrected chi connectivity index (χ2v) is 5.20. The number of hydrogen-bond acceptors (Lipinski definition) is 4. The van der Waals surface area contributed by atoms with Gasteiger partial charge in [0.2, 0.25) is 0 Å². The SMILES string of the molecule is COC1CCCC(OCCOc2cccc(C(=O)O)c2)C1. The molecule has 116 valence electrons. The molecular formula is C16H22O5. The first kappa shape index (κ1) is 15.8. The summed E-state index contributed by atoms with van der Waals surface area (Å²) in [7, 11) is 1.74. The molecule has 0 amide bonds. The Morgan fingerprint density at radius 1 is 1.29 bits per heavy atom. The maximum atomic E-state index is 10.9. The lowest BCUT2D eigenvalue weighted by Gasteiger charge is -2.28. The largest absolute Gasteiger partial charge is 0.491 e. The second kappa shape index (κ2) is 8.00. The molecule has 1 aliphatic carbocycles. The van der Waals surface area contributed by atoms with E-state index in [9.17, 15) is 4.79 Å². The lowest BCUT2D eigenvalue weighted by molar-refractivity contribution is -0.0362. The van der Waals surface area contributed by atoms with E-state index < -0.39 is 5.97 Å². The van der Waals surface area contributed by atoms with E-state index in [4.69, 9.17) is 19.3 Å². The van der Waals surface area contributed by atoms with Gasteiger partial charge < -0.3 is 19.3 Å². The molecule has 0 heterocycles. The van der Waals surface area contributed by atoms with Crippen molar-refractivity contribution in [3.8, 4) is 5.75 Å². The molecule has 21 heavy (non-hydrogen) atoms. The first-order valence-corrected chi connectivity index (χ1v) is 7.29. The summed E-state index contributed by atoms with van der Waals surface area (Å²) in [6.07, 6.45) is 4.77. The molecule has 0 radical (unpaired) electrons. The van der Waals surface area contributed by atoms with Crippen molar-refractivity contribution in [3.63, 3.8) is 0 Å². The number of rotatable bonds is 7. The molecular weight excluding hydrogens is 272 g/mol. The van der Waals surface area contributed by atoms with Crippen molar-refractivity contribution in [2.24, 2.45) is 0 Å². The lowest BCUT2D eigenvalue weighted by Crippen LogP contribution is -2.28. The molecule has 2 unspecified atom stereocenters. The number of hydrogen-bond donors (Lipinski definition) is 1. The van der Waals surface area contributed by atoms with Gasteiger partial charge in [-0.2, -0.15) is 0 Å². The highest BCUT2D eigenvalue weighted by Crippen LogP contribution is 2.23. The molecule has 2 rings (SSSR count). The average Bonchev–Trinajstić information content (AvgIpc) is 2.52. The van der Waals surface area contributed by atoms with Gasteiger partial charge in [0.15, 0.2) is 0 Å². The zero-order valence-corrected chi connectivity index (χ0v) is 12.3. The topological polar surface area (TPSA) is 65.0 Å². The van der Waals surface area contributed by atoms with E-state index in [0.29, 0.717) is 25.1 Å². The van der Waals surface area contributed by atoms with Crippen molar-refractivity contribution in [1.82, 2.24) is 0 Å². The summed E-state index contributed by atoms with van der Waals surface area (Å²) in [4.78, 5) is 10.9. The molecule has 0 bridgehead atoms. The van der Waals surface area contributed by atoms with Crippen LogP contribution in [0, 0.1) is 0 Å². The first-order valence-electron chi connectivity index (χ1n) is 7.29. The maximum absolute atomic E-state index is 10.9. The molecule has 1 aromatic rings. The smallest absolute Gasteiger partial charge is 0.335 e. The lowest BCUT2D eigenvalue weighted by atomic mass is 9.95. The maximum Gasteiger partial charge on any atom is 0.335 e. The summed E-state index contributed by atoms with van der Waals surface area (Å²) in [5.41, 5.74) is 0.226. The molecule has 1 fully saturated rings. The fraction of sp³-hybridized carbons (Fsp3) is 0.562. The third kappa shape index (κ3) is 5.02. The fourth-order valence-electron chi connectivity index (χ4n) is 2.56. The van der Waals surface area contributed by atoms with Gasteiger partial charge in [-0.3, -0.25) is 0 Å². The van der Waals surface area contributed by atoms with Crippen LogP contribution in [0.3, 0.4) is 0 Å². The van der Waals surface area contributed by atoms with E-state index >= 15 is 0 Å². The molecule has 5 heteroatoms. The van der Waals surface area contributed by atoms with Crippen LogP contribution in [0.4, 0.5) is 0 Å². The molecule has 0 saturated heterocycles. The number of aromatic carboxylic acids is 1. The van der Waals surface area contributed by atoms with Crippen LogP contribution in [0.1, 0.15) is 36.0 Å². The summed E-state index contributed by atoms with van der Waals surface area (Å²) in [5.74, 6) is -0.401. The van der Waals surface area contributed by atoms with Crippen molar-refractivity contribution >= 4 is 5.97 Å². The molecule has 5 nitrogen and oxygen atoms in total. The number of methoxy groups -OCH3 is 1. The molecule has 0 spiro atoms. The summed E-state index contributed by atoms with van der Waals surface area (Å²) in [6, 6.07) is 6.47. The van der Waals surface area contributed by atoms with Crippen LogP contribution in [-0.4, -0.2) is 43.6 Å². The van der Waals surface area contributed by atoms with Crippen LogP contribution in [0.2, 0.25) is 0 Å². The number of ether oxygens (including phenoxy) is 3. The molecule has 1 N–H and O–H groups in total. The predicted octanol–water partition coefficient (Wildman–Crippen LogP) is 2.74. The minimum Gasteiger partial charge on any atom is -0.491 e. The third-order valence-corrected chi connectivity index (χ3v) is 3.70. The van der Waals surface area contributed by atoms with Gasteiger partial charge in [-0.15, -0.1) is 0 Å². The molecule has 0 aromatic heterocycles. The average molecular weight is 294 g/mol. The van der Waals surface area contributed by atoms with Gasteiger partial charge in [0.05, 0.1) is 24.4 Å². The zero-order valence-electron chi connectivity index (χ0n) is 12.3. The minimum absolute atomic E-state index is 0.226. The van der Waals surface area contributed by atoms with Crippen LogP contribution in [0.25, 0.3) is 0 Å². The standard InChI is InChI=1S/C16H22O5/c1-19-13-5-3-7-15(11-13)21-9-8-20-14-6-2-4-12(10-14)16(17)18/h2,4,6,10,13,15H,3,5,7-9,11H2,1H3,(H,17,18). The number of carboxylic acid groups (broad SMARTS) is 1. The molecule has 0 aliphatic heterocycles. The van der Waals surface area contributed by atoms with Gasteiger partial charge in [-0.1, -0.05) is 6.07 Å². The Labute approximate surface area is 124 Å². The van der Waals surface area contributed by atoms with Gasteiger partial charge >= 0.3 is 5.97 Å². The Kier molecular flexibility index (Phi) is 6.02. The van der Waals surface area contributed by atoms with E-state index in [1.54, 1.807) is 25.3 Å². The van der Waals surface area contributed by atoms with E-state index in [2.05, 4.69) is 0 Å². The minimum atomic E-state index is -0.954. The van der Waals surface area contributed by atoms with Crippen LogP contribution in [0.15, 0.2) is 24.3 Å². The van der Waals surface area contributed by atoms with Crippen molar-refractivity contribution < 1.29 is 24.1 Å². The molecule has 2 atom stereocenters. The number of benzene rings is 1. The monoisotopic (exact) mass is 294 g/mol. The highest BCUT2D eigenvalue weighted by Gasteiger charge is 2.21. The van der Waals surface area contributed by atoms with Crippen molar-refractivity contribution in [3.05, 3.63) is 29.8 Å². The Bertz CT molecular complexity index is 460. The molecule has 1 aliphatic rings. The predicted molar refractivity (Wildman–Crippen MR) is 77.9 cm³/mol. The van der Waals surface area contributed by atoms with Crippen molar-refractivity contribution in [1.29, 1.82) is 0 Å². The Balaban J connectivity index is 1.70. The molecule has 1 saturated carbocycles. The zero-order chi connectivity index (χ0) is 15.1. The van der Waals surface area contributed by atoms with E-state index in [1.807, 2.05) is 0 Å². The first-order chi connectivity index (χ1) is 10.2. The second-order valence-electron chi connectivity index (χ2n) is 5.20. The van der Waals surface area contributed by atoms with Gasteiger partial charge in [-0.05, 0) is 43.9 Å². The molecule has 1 aromatic carbocycles. The van der Waals surface area contributed by atoms with Gasteiger partial charge in [0, 0.05) is 7.11 Å². The van der Waals surface area contributed by atoms with Crippen LogP contribution in [0.5, 0.6) is 5.75 Å². The normalized spacial score (nSPS) is 22.0. The van der Waals surface area contributed by atoms with Crippen molar-refractivity contribution in [2.75, 3.05) is 20.3 Å².